The number of carbonyl (C=O) groups is 1. The molecule has 0 unspecified atom stereocenters. The van der Waals surface area contributed by atoms with Crippen LogP contribution in [0.25, 0.3) is 0 Å². The number of carbonyl (C=O) groups excluding carboxylic acids is 1. The van der Waals surface area contributed by atoms with E-state index in [1.165, 1.54) is 4.31 Å². The molecule has 1 aromatic carbocycles. The molecule has 0 radical (unpaired) electrons. The van der Waals surface area contributed by atoms with Crippen LogP contribution >= 0.6 is 23.2 Å². The van der Waals surface area contributed by atoms with Crippen molar-refractivity contribution in [2.45, 2.75) is 45.1 Å². The second-order valence-corrected chi connectivity index (χ2v) is 10.1. The van der Waals surface area contributed by atoms with E-state index < -0.39 is 21.7 Å². The van der Waals surface area contributed by atoms with E-state index in [9.17, 15) is 13.2 Å². The number of piperazine rings is 1. The van der Waals surface area contributed by atoms with Crippen LogP contribution in [0.5, 0.6) is 0 Å². The summed E-state index contributed by atoms with van der Waals surface area (Å²) in [5, 5.41) is 0.703. The molecule has 1 heterocycles. The summed E-state index contributed by atoms with van der Waals surface area (Å²) in [7, 11) is -3.55. The lowest BCUT2D eigenvalue weighted by Gasteiger charge is -2.39. The molecule has 6 nitrogen and oxygen atoms in total. The maximum Gasteiger partial charge on any atom is 0.410 e. The first-order valence-corrected chi connectivity index (χ1v) is 10.7. The van der Waals surface area contributed by atoms with Gasteiger partial charge in [0.2, 0.25) is 10.0 Å². The zero-order valence-corrected chi connectivity index (χ0v) is 17.7. The number of hydrogen-bond donors (Lipinski definition) is 0. The van der Waals surface area contributed by atoms with Gasteiger partial charge in [0.05, 0.1) is 15.8 Å². The third kappa shape index (κ3) is 5.49. The van der Waals surface area contributed by atoms with Crippen molar-refractivity contribution in [3.8, 4) is 0 Å². The molecule has 9 heteroatoms. The molecule has 1 fully saturated rings. The lowest BCUT2D eigenvalue weighted by molar-refractivity contribution is 0.0143. The van der Waals surface area contributed by atoms with Gasteiger partial charge in [0, 0.05) is 25.7 Å². The summed E-state index contributed by atoms with van der Waals surface area (Å²) >= 11 is 11.8. The van der Waals surface area contributed by atoms with Gasteiger partial charge in [-0.1, -0.05) is 29.3 Å². The van der Waals surface area contributed by atoms with Gasteiger partial charge in [0.15, 0.2) is 0 Å². The minimum absolute atomic E-state index is 0.166. The Balaban J connectivity index is 2.05. The van der Waals surface area contributed by atoms with Gasteiger partial charge in [-0.05, 0) is 45.4 Å². The van der Waals surface area contributed by atoms with Crippen LogP contribution in [0.4, 0.5) is 4.79 Å². The summed E-state index contributed by atoms with van der Waals surface area (Å²) in [4.78, 5) is 13.7. The van der Waals surface area contributed by atoms with Crippen molar-refractivity contribution >= 4 is 39.3 Å². The molecule has 0 saturated carbocycles. The Morgan fingerprint density at radius 1 is 1.23 bits per heavy atom. The van der Waals surface area contributed by atoms with E-state index in [1.54, 1.807) is 50.8 Å². The molecule has 0 N–H and O–H groups in total. The van der Waals surface area contributed by atoms with E-state index >= 15 is 0 Å². The van der Waals surface area contributed by atoms with Crippen LogP contribution in [-0.2, 0) is 20.5 Å². The number of hydrogen-bond acceptors (Lipinski definition) is 4. The average Bonchev–Trinajstić information content (AvgIpc) is 2.48. The summed E-state index contributed by atoms with van der Waals surface area (Å²) in [6, 6.07) is 4.44. The van der Waals surface area contributed by atoms with Gasteiger partial charge < -0.3 is 9.64 Å². The fraction of sp³-hybridized carbons (Fsp3) is 0.588. The molecular formula is C17H24Cl2N2O4S. The zero-order valence-electron chi connectivity index (χ0n) is 15.3. The summed E-state index contributed by atoms with van der Waals surface area (Å²) in [6.07, 6.45) is -0.425. The van der Waals surface area contributed by atoms with Crippen molar-refractivity contribution in [2.24, 2.45) is 0 Å². The lowest BCUT2D eigenvalue weighted by atomic mass is 10.2. The SMILES string of the molecule is C[C@H]1CN(C(=O)OC(C)(C)C)CCN1S(=O)(=O)Cc1ccc(Cl)c(Cl)c1. The number of amides is 1. The molecule has 1 aromatic rings. The number of halogens is 2. The van der Waals surface area contributed by atoms with E-state index in [-0.39, 0.29) is 24.9 Å². The number of benzene rings is 1. The molecule has 1 aliphatic rings. The van der Waals surface area contributed by atoms with E-state index in [1.807, 2.05) is 0 Å². The molecular weight excluding hydrogens is 399 g/mol. The molecule has 26 heavy (non-hydrogen) atoms. The van der Waals surface area contributed by atoms with Crippen molar-refractivity contribution in [2.75, 3.05) is 19.6 Å². The Morgan fingerprint density at radius 3 is 2.42 bits per heavy atom. The molecule has 1 aliphatic heterocycles. The third-order valence-electron chi connectivity index (χ3n) is 3.91. The summed E-state index contributed by atoms with van der Waals surface area (Å²) < 4.78 is 32.3. The van der Waals surface area contributed by atoms with E-state index in [4.69, 9.17) is 27.9 Å². The van der Waals surface area contributed by atoms with Crippen LogP contribution < -0.4 is 0 Å². The lowest BCUT2D eigenvalue weighted by Crippen LogP contribution is -2.56. The fourth-order valence-electron chi connectivity index (χ4n) is 2.77. The highest BCUT2D eigenvalue weighted by Gasteiger charge is 2.35. The second-order valence-electron chi connectivity index (χ2n) is 7.39. The molecule has 0 bridgehead atoms. The summed E-state index contributed by atoms with van der Waals surface area (Å²) in [5.74, 6) is -0.166. The Morgan fingerprint density at radius 2 is 1.88 bits per heavy atom. The van der Waals surface area contributed by atoms with E-state index in [0.717, 1.165) is 0 Å². The quantitative estimate of drug-likeness (QED) is 0.743. The van der Waals surface area contributed by atoms with Gasteiger partial charge in [-0.15, -0.1) is 0 Å². The predicted octanol–water partition coefficient (Wildman–Crippen LogP) is 3.76. The molecule has 1 saturated heterocycles. The molecule has 1 amide bonds. The maximum absolute atomic E-state index is 12.8. The molecule has 146 valence electrons. The van der Waals surface area contributed by atoms with Gasteiger partial charge in [0.25, 0.3) is 0 Å². The van der Waals surface area contributed by atoms with Crippen LogP contribution in [0, 0.1) is 0 Å². The Labute approximate surface area is 165 Å². The van der Waals surface area contributed by atoms with Gasteiger partial charge in [-0.2, -0.15) is 4.31 Å². The van der Waals surface area contributed by atoms with Gasteiger partial charge in [-0.25, -0.2) is 13.2 Å². The van der Waals surface area contributed by atoms with Crippen molar-refractivity contribution in [3.05, 3.63) is 33.8 Å². The molecule has 0 spiro atoms. The summed E-state index contributed by atoms with van der Waals surface area (Å²) in [6.45, 7) is 7.98. The first-order chi connectivity index (χ1) is 11.9. The Kier molecular flexibility index (Phi) is 6.48. The predicted molar refractivity (Wildman–Crippen MR) is 103 cm³/mol. The van der Waals surface area contributed by atoms with Gasteiger partial charge >= 0.3 is 6.09 Å². The maximum atomic E-state index is 12.8. The molecule has 0 aromatic heterocycles. The minimum Gasteiger partial charge on any atom is -0.444 e. The van der Waals surface area contributed by atoms with E-state index in [2.05, 4.69) is 0 Å². The second kappa shape index (κ2) is 7.92. The van der Waals surface area contributed by atoms with E-state index in [0.29, 0.717) is 22.2 Å². The number of rotatable bonds is 3. The van der Waals surface area contributed by atoms with Crippen molar-refractivity contribution in [1.29, 1.82) is 0 Å². The average molecular weight is 423 g/mol. The first kappa shape index (κ1) is 21.3. The van der Waals surface area contributed by atoms with Crippen LogP contribution in [0.2, 0.25) is 10.0 Å². The van der Waals surface area contributed by atoms with Crippen molar-refractivity contribution in [3.63, 3.8) is 0 Å². The number of ether oxygens (including phenoxy) is 1. The highest BCUT2D eigenvalue weighted by atomic mass is 35.5. The van der Waals surface area contributed by atoms with Crippen molar-refractivity contribution < 1.29 is 17.9 Å². The highest BCUT2D eigenvalue weighted by Crippen LogP contribution is 2.25. The Bertz CT molecular complexity index is 777. The fourth-order valence-corrected chi connectivity index (χ4v) is 4.83. The standard InChI is InChI=1S/C17H24Cl2N2O4S/c1-12-10-20(16(22)25-17(2,3)4)7-8-21(12)26(23,24)11-13-5-6-14(18)15(19)9-13/h5-6,9,12H,7-8,10-11H2,1-4H3/t12-/m0/s1. The summed E-state index contributed by atoms with van der Waals surface area (Å²) in [5.41, 5.74) is -0.0154. The normalized spacial score (nSPS) is 19.5. The topological polar surface area (TPSA) is 66.9 Å². The number of sulfonamides is 1. The Hall–Kier alpha value is -1.02. The van der Waals surface area contributed by atoms with Crippen LogP contribution in [-0.4, -0.2) is 55.0 Å². The van der Waals surface area contributed by atoms with Crippen LogP contribution in [0.1, 0.15) is 33.3 Å². The van der Waals surface area contributed by atoms with Crippen molar-refractivity contribution in [1.82, 2.24) is 9.21 Å². The highest BCUT2D eigenvalue weighted by molar-refractivity contribution is 7.88. The molecule has 1 atom stereocenters. The third-order valence-corrected chi connectivity index (χ3v) is 6.60. The monoisotopic (exact) mass is 422 g/mol. The first-order valence-electron chi connectivity index (χ1n) is 8.30. The van der Waals surface area contributed by atoms with Gasteiger partial charge in [0.1, 0.15) is 5.60 Å². The minimum atomic E-state index is -3.55. The zero-order chi connectivity index (χ0) is 19.7. The molecule has 2 rings (SSSR count). The largest absolute Gasteiger partial charge is 0.444 e. The smallest absolute Gasteiger partial charge is 0.410 e. The van der Waals surface area contributed by atoms with Crippen LogP contribution in [0.15, 0.2) is 18.2 Å². The molecule has 0 aliphatic carbocycles. The number of nitrogens with zero attached hydrogens (tertiary/aromatic N) is 2. The van der Waals surface area contributed by atoms with Gasteiger partial charge in [-0.3, -0.25) is 0 Å². The van der Waals surface area contributed by atoms with Crippen LogP contribution in [0.3, 0.4) is 0 Å².